The molecule has 1 atom stereocenters. The first-order chi connectivity index (χ1) is 21.8. The van der Waals surface area contributed by atoms with Gasteiger partial charge in [-0.15, -0.1) is 10.2 Å². The number of benzene rings is 1. The van der Waals surface area contributed by atoms with E-state index in [9.17, 15) is 14.0 Å². The molecule has 12 heteroatoms. The Hall–Kier alpha value is -3.38. The Morgan fingerprint density at radius 3 is 2.48 bits per heavy atom. The molecular weight excluding hydrogens is 587 g/mol. The largest absolute Gasteiger partial charge is 0.434 e. The number of amides is 2. The molecule has 2 aliphatic heterocycles. The van der Waals surface area contributed by atoms with Crippen LogP contribution in [-0.2, 0) is 4.79 Å². The van der Waals surface area contributed by atoms with Crippen molar-refractivity contribution in [1.82, 2.24) is 34.8 Å². The van der Waals surface area contributed by atoms with Gasteiger partial charge in [-0.2, -0.15) is 0 Å². The standard InChI is InChI=1S/C34H53FN8O3/c1-9-43(25(4)5)33(45)27-19-26(35)12-13-29(27)46-32-31(36-23-37-38-32)41-18-15-34(20-41)21-42(22-34)28(24(2)3)11-10-16-40(8)17-14-30(44)39(6)7/h12-13,19,23-25,28H,9-11,14-18,20-22H2,1-8H3/t28-/m1/s1. The van der Waals surface area contributed by atoms with E-state index in [4.69, 9.17) is 4.74 Å². The van der Waals surface area contributed by atoms with Crippen LogP contribution in [0.25, 0.3) is 0 Å². The maximum absolute atomic E-state index is 14.3. The quantitative estimate of drug-likeness (QED) is 0.281. The van der Waals surface area contributed by atoms with Crippen LogP contribution >= 0.6 is 0 Å². The van der Waals surface area contributed by atoms with Crippen LogP contribution in [0.5, 0.6) is 11.6 Å². The highest BCUT2D eigenvalue weighted by atomic mass is 19.1. The van der Waals surface area contributed by atoms with Gasteiger partial charge in [-0.1, -0.05) is 13.8 Å². The SMILES string of the molecule is CCN(C(=O)c1cc(F)ccc1Oc1nncnc1N1CCC2(C1)CN([C@H](CCCN(C)CCC(=O)N(C)C)C(C)C)C2)C(C)C. The van der Waals surface area contributed by atoms with Crippen molar-refractivity contribution in [2.24, 2.45) is 11.3 Å². The van der Waals surface area contributed by atoms with Crippen LogP contribution in [-0.4, -0.2) is 126 Å². The lowest BCUT2D eigenvalue weighted by molar-refractivity contribution is -0.128. The van der Waals surface area contributed by atoms with E-state index >= 15 is 0 Å². The van der Waals surface area contributed by atoms with Crippen LogP contribution in [0, 0.1) is 17.2 Å². The molecule has 0 bridgehead atoms. The lowest BCUT2D eigenvalue weighted by Gasteiger charge is -2.53. The van der Waals surface area contributed by atoms with Crippen molar-refractivity contribution >= 4 is 17.6 Å². The number of hydrogen-bond donors (Lipinski definition) is 0. The first-order valence-electron chi connectivity index (χ1n) is 16.7. The number of anilines is 1. The smallest absolute Gasteiger partial charge is 0.282 e. The molecule has 0 saturated carbocycles. The number of hydrogen-bond acceptors (Lipinski definition) is 9. The maximum atomic E-state index is 14.3. The first kappa shape index (κ1) is 35.5. The van der Waals surface area contributed by atoms with Crippen LogP contribution in [0.4, 0.5) is 10.2 Å². The summed E-state index contributed by atoms with van der Waals surface area (Å²) < 4.78 is 20.5. The molecule has 0 N–H and O–H groups in total. The predicted molar refractivity (Wildman–Crippen MR) is 178 cm³/mol. The van der Waals surface area contributed by atoms with E-state index in [1.807, 2.05) is 20.8 Å². The minimum absolute atomic E-state index is 0.0492. The van der Waals surface area contributed by atoms with Gasteiger partial charge in [-0.05, 0) is 77.7 Å². The summed E-state index contributed by atoms with van der Waals surface area (Å²) >= 11 is 0. The van der Waals surface area contributed by atoms with Gasteiger partial charge >= 0.3 is 0 Å². The van der Waals surface area contributed by atoms with Gasteiger partial charge in [0.25, 0.3) is 11.8 Å². The summed E-state index contributed by atoms with van der Waals surface area (Å²) in [6.45, 7) is 16.3. The fraction of sp³-hybridized carbons (Fsp3) is 0.676. The molecule has 3 heterocycles. The topological polar surface area (TPSA) is 98.2 Å². The Bertz CT molecular complexity index is 1330. The summed E-state index contributed by atoms with van der Waals surface area (Å²) in [4.78, 5) is 40.3. The van der Waals surface area contributed by atoms with E-state index in [0.29, 0.717) is 30.7 Å². The molecule has 2 aromatic rings. The second-order valence-corrected chi connectivity index (χ2v) is 13.9. The molecule has 1 aromatic heterocycles. The van der Waals surface area contributed by atoms with Crippen molar-refractivity contribution in [3.63, 3.8) is 0 Å². The summed E-state index contributed by atoms with van der Waals surface area (Å²) in [5.41, 5.74) is 0.321. The molecule has 4 rings (SSSR count). The summed E-state index contributed by atoms with van der Waals surface area (Å²) in [5.74, 6) is 0.931. The van der Waals surface area contributed by atoms with Crippen molar-refractivity contribution in [2.45, 2.75) is 72.4 Å². The average molecular weight is 641 g/mol. The minimum Gasteiger partial charge on any atom is -0.434 e. The summed E-state index contributed by atoms with van der Waals surface area (Å²) in [5, 5.41) is 8.21. The normalized spacial score (nSPS) is 16.7. The van der Waals surface area contributed by atoms with Crippen molar-refractivity contribution in [3.8, 4) is 11.6 Å². The van der Waals surface area contributed by atoms with Crippen LogP contribution in [0.3, 0.4) is 0 Å². The predicted octanol–water partition coefficient (Wildman–Crippen LogP) is 4.40. The molecule has 2 aliphatic rings. The second kappa shape index (κ2) is 15.5. The van der Waals surface area contributed by atoms with Crippen molar-refractivity contribution in [3.05, 3.63) is 35.9 Å². The number of ether oxygens (including phenoxy) is 1. The molecule has 2 amide bonds. The van der Waals surface area contributed by atoms with Gasteiger partial charge in [-0.3, -0.25) is 14.5 Å². The Balaban J connectivity index is 1.37. The number of aromatic nitrogens is 3. The van der Waals surface area contributed by atoms with Crippen molar-refractivity contribution in [2.75, 3.05) is 71.9 Å². The van der Waals surface area contributed by atoms with Crippen molar-refractivity contribution < 1.29 is 18.7 Å². The number of carbonyl (C=O) groups is 2. The molecule has 2 fully saturated rings. The number of halogens is 1. The zero-order chi connectivity index (χ0) is 33.6. The highest BCUT2D eigenvalue weighted by Gasteiger charge is 2.50. The third-order valence-electron chi connectivity index (χ3n) is 9.47. The minimum atomic E-state index is -0.507. The number of likely N-dealkylation sites (tertiary alicyclic amines) is 1. The van der Waals surface area contributed by atoms with Crippen LogP contribution in [0.15, 0.2) is 24.5 Å². The van der Waals surface area contributed by atoms with Crippen LogP contribution in [0.1, 0.15) is 70.7 Å². The monoisotopic (exact) mass is 640 g/mol. The Labute approximate surface area is 274 Å². The van der Waals surface area contributed by atoms with Crippen LogP contribution < -0.4 is 9.64 Å². The van der Waals surface area contributed by atoms with Gasteiger partial charge in [0.15, 0.2) is 5.82 Å². The van der Waals surface area contributed by atoms with Gasteiger partial charge in [0.05, 0.1) is 5.56 Å². The van der Waals surface area contributed by atoms with E-state index in [1.165, 1.54) is 24.5 Å². The maximum Gasteiger partial charge on any atom is 0.282 e. The number of nitrogens with zero attached hydrogens (tertiary/aromatic N) is 8. The fourth-order valence-corrected chi connectivity index (χ4v) is 6.86. The van der Waals surface area contributed by atoms with E-state index in [1.54, 1.807) is 23.9 Å². The van der Waals surface area contributed by atoms with Gasteiger partial charge < -0.3 is 24.3 Å². The number of rotatable bonds is 15. The van der Waals surface area contributed by atoms with Gasteiger partial charge in [0.2, 0.25) is 5.91 Å². The lowest BCUT2D eigenvalue weighted by Crippen LogP contribution is -2.62. The highest BCUT2D eigenvalue weighted by molar-refractivity contribution is 5.97. The van der Waals surface area contributed by atoms with E-state index < -0.39 is 5.82 Å². The first-order valence-corrected chi connectivity index (χ1v) is 16.7. The Morgan fingerprint density at radius 2 is 1.83 bits per heavy atom. The molecule has 11 nitrogen and oxygen atoms in total. The Kier molecular flexibility index (Phi) is 11.9. The zero-order valence-corrected chi connectivity index (χ0v) is 29.0. The average Bonchev–Trinajstić information content (AvgIpc) is 3.44. The Morgan fingerprint density at radius 1 is 1.09 bits per heavy atom. The highest BCUT2D eigenvalue weighted by Crippen LogP contribution is 2.44. The van der Waals surface area contributed by atoms with Gasteiger partial charge in [0.1, 0.15) is 17.9 Å². The molecule has 2 saturated heterocycles. The zero-order valence-electron chi connectivity index (χ0n) is 29.0. The molecule has 0 radical (unpaired) electrons. The molecular formula is C34H53FN8O3. The van der Waals surface area contributed by atoms with Crippen molar-refractivity contribution in [1.29, 1.82) is 0 Å². The van der Waals surface area contributed by atoms with E-state index in [-0.39, 0.29) is 40.5 Å². The molecule has 1 aromatic carbocycles. The fourth-order valence-electron chi connectivity index (χ4n) is 6.86. The summed E-state index contributed by atoms with van der Waals surface area (Å²) in [7, 11) is 5.70. The molecule has 0 unspecified atom stereocenters. The molecule has 1 spiro atoms. The van der Waals surface area contributed by atoms with E-state index in [2.05, 4.69) is 50.8 Å². The van der Waals surface area contributed by atoms with Gasteiger partial charge in [-0.25, -0.2) is 9.37 Å². The third kappa shape index (κ3) is 8.50. The van der Waals surface area contributed by atoms with Gasteiger partial charge in [0, 0.05) is 77.3 Å². The second-order valence-electron chi connectivity index (χ2n) is 13.9. The summed E-state index contributed by atoms with van der Waals surface area (Å²) in [6.07, 6.45) is 5.23. The lowest BCUT2D eigenvalue weighted by atomic mass is 9.76. The molecule has 0 aliphatic carbocycles. The van der Waals surface area contributed by atoms with Crippen LogP contribution in [0.2, 0.25) is 0 Å². The third-order valence-corrected chi connectivity index (χ3v) is 9.47. The molecule has 254 valence electrons. The summed E-state index contributed by atoms with van der Waals surface area (Å²) in [6, 6.07) is 4.43. The molecule has 46 heavy (non-hydrogen) atoms. The van der Waals surface area contributed by atoms with E-state index in [0.717, 1.165) is 58.5 Å². The number of carbonyl (C=O) groups excluding carboxylic acids is 2.